The Morgan fingerprint density at radius 3 is 2.50 bits per heavy atom. The van der Waals surface area contributed by atoms with E-state index in [0.717, 1.165) is 52.8 Å². The van der Waals surface area contributed by atoms with E-state index in [9.17, 15) is 14.7 Å². The minimum atomic E-state index is -0.810. The van der Waals surface area contributed by atoms with Crippen molar-refractivity contribution < 1.29 is 14.7 Å². The molecule has 3 N–H and O–H groups in total. The summed E-state index contributed by atoms with van der Waals surface area (Å²) in [5, 5.41) is 16.3. The number of thiophene rings is 1. The summed E-state index contributed by atoms with van der Waals surface area (Å²) in [5.41, 5.74) is 4.87. The Kier molecular flexibility index (Phi) is 8.21. The first-order valence-corrected chi connectivity index (χ1v) is 11.2. The van der Waals surface area contributed by atoms with Gasteiger partial charge in [-0.05, 0) is 60.5 Å². The van der Waals surface area contributed by atoms with Crippen LogP contribution in [0, 0.1) is 11.3 Å². The summed E-state index contributed by atoms with van der Waals surface area (Å²) in [6.45, 7) is 8.88. The molecular formula is C24H34N2O3S. The van der Waals surface area contributed by atoms with Crippen molar-refractivity contribution in [3.63, 3.8) is 0 Å². The highest BCUT2D eigenvalue weighted by molar-refractivity contribution is 7.16. The molecule has 0 amide bonds. The number of carboxylic acid groups (broad SMARTS) is 1. The monoisotopic (exact) mass is 430 g/mol. The topological polar surface area (TPSA) is 78.4 Å². The van der Waals surface area contributed by atoms with Gasteiger partial charge in [-0.3, -0.25) is 0 Å². The van der Waals surface area contributed by atoms with Crippen molar-refractivity contribution in [1.29, 1.82) is 0 Å². The molecular weight excluding hydrogens is 396 g/mol. The van der Waals surface area contributed by atoms with E-state index in [2.05, 4.69) is 36.6 Å². The lowest BCUT2D eigenvalue weighted by atomic mass is 9.76. The second-order valence-corrected chi connectivity index (χ2v) is 9.99. The number of fused-ring (bicyclic) bond motifs is 1. The SMILES string of the molecule is CC(C)C=O.CNCc1ccc(NC)cc1-c1sc2c(c1C(=O)O)CC(C)(C)CC2. The molecule has 2 aromatic rings. The molecule has 5 nitrogen and oxygen atoms in total. The molecule has 164 valence electrons. The third kappa shape index (κ3) is 5.70. The van der Waals surface area contributed by atoms with Gasteiger partial charge in [-0.1, -0.05) is 33.8 Å². The van der Waals surface area contributed by atoms with Gasteiger partial charge in [-0.2, -0.15) is 0 Å². The highest BCUT2D eigenvalue weighted by Crippen LogP contribution is 2.46. The van der Waals surface area contributed by atoms with Gasteiger partial charge < -0.3 is 20.5 Å². The van der Waals surface area contributed by atoms with Crippen LogP contribution < -0.4 is 10.6 Å². The second kappa shape index (κ2) is 10.2. The number of benzene rings is 1. The van der Waals surface area contributed by atoms with Crippen molar-refractivity contribution in [2.24, 2.45) is 11.3 Å². The fourth-order valence-electron chi connectivity index (χ4n) is 3.62. The van der Waals surface area contributed by atoms with Gasteiger partial charge in [0.25, 0.3) is 0 Å². The van der Waals surface area contributed by atoms with Gasteiger partial charge in [0.2, 0.25) is 0 Å². The summed E-state index contributed by atoms with van der Waals surface area (Å²) in [7, 11) is 3.80. The molecule has 30 heavy (non-hydrogen) atoms. The van der Waals surface area contributed by atoms with E-state index in [-0.39, 0.29) is 11.3 Å². The largest absolute Gasteiger partial charge is 0.478 e. The average molecular weight is 431 g/mol. The summed E-state index contributed by atoms with van der Waals surface area (Å²) in [6.07, 6.45) is 3.84. The van der Waals surface area contributed by atoms with Crippen LogP contribution in [0.3, 0.4) is 0 Å². The number of aromatic carboxylic acids is 1. The molecule has 0 unspecified atom stereocenters. The summed E-state index contributed by atoms with van der Waals surface area (Å²) < 4.78 is 0. The lowest BCUT2D eigenvalue weighted by Gasteiger charge is -2.29. The quantitative estimate of drug-likeness (QED) is 0.547. The van der Waals surface area contributed by atoms with Crippen LogP contribution in [0.25, 0.3) is 10.4 Å². The molecule has 3 rings (SSSR count). The zero-order valence-corrected chi connectivity index (χ0v) is 19.7. The molecule has 0 bridgehead atoms. The normalized spacial score (nSPS) is 14.5. The first kappa shape index (κ1) is 24.1. The molecule has 0 saturated heterocycles. The van der Waals surface area contributed by atoms with Crippen molar-refractivity contribution in [3.8, 4) is 10.4 Å². The lowest BCUT2D eigenvalue weighted by molar-refractivity contribution is -0.110. The molecule has 6 heteroatoms. The smallest absolute Gasteiger partial charge is 0.337 e. The van der Waals surface area contributed by atoms with Gasteiger partial charge >= 0.3 is 5.97 Å². The minimum absolute atomic E-state index is 0.163. The van der Waals surface area contributed by atoms with Crippen LogP contribution in [0.2, 0.25) is 0 Å². The van der Waals surface area contributed by atoms with Crippen molar-refractivity contribution in [1.82, 2.24) is 5.32 Å². The first-order chi connectivity index (χ1) is 14.1. The van der Waals surface area contributed by atoms with Crippen LogP contribution in [-0.2, 0) is 24.2 Å². The lowest BCUT2D eigenvalue weighted by Crippen LogP contribution is -2.22. The fraction of sp³-hybridized carbons (Fsp3) is 0.500. The number of hydrogen-bond acceptors (Lipinski definition) is 5. The molecule has 1 heterocycles. The maximum atomic E-state index is 12.1. The number of nitrogens with one attached hydrogen (secondary N) is 2. The van der Waals surface area contributed by atoms with Gasteiger partial charge in [0, 0.05) is 35.0 Å². The number of rotatable bonds is 6. The Labute approximate surface area is 183 Å². The molecule has 0 spiro atoms. The Morgan fingerprint density at radius 1 is 1.30 bits per heavy atom. The van der Waals surface area contributed by atoms with Crippen LogP contribution >= 0.6 is 11.3 Å². The molecule has 0 fully saturated rings. The average Bonchev–Trinajstić information content (AvgIpc) is 3.06. The van der Waals surface area contributed by atoms with Crippen LogP contribution in [0.5, 0.6) is 0 Å². The number of carbonyl (C=O) groups excluding carboxylic acids is 1. The number of anilines is 1. The highest BCUT2D eigenvalue weighted by Gasteiger charge is 2.33. The first-order valence-electron chi connectivity index (χ1n) is 10.4. The highest BCUT2D eigenvalue weighted by atomic mass is 32.1. The summed E-state index contributed by atoms with van der Waals surface area (Å²) in [4.78, 5) is 23.8. The minimum Gasteiger partial charge on any atom is -0.478 e. The van der Waals surface area contributed by atoms with Crippen molar-refractivity contribution >= 4 is 29.3 Å². The van der Waals surface area contributed by atoms with Gasteiger partial charge in [-0.15, -0.1) is 11.3 Å². The van der Waals surface area contributed by atoms with Gasteiger partial charge in [0.15, 0.2) is 0 Å². The summed E-state index contributed by atoms with van der Waals surface area (Å²) in [5.74, 6) is -0.606. The molecule has 0 radical (unpaired) electrons. The van der Waals surface area contributed by atoms with Gasteiger partial charge in [-0.25, -0.2) is 4.79 Å². The maximum absolute atomic E-state index is 12.1. The summed E-state index contributed by atoms with van der Waals surface area (Å²) in [6, 6.07) is 6.18. The van der Waals surface area contributed by atoms with Crippen molar-refractivity contribution in [3.05, 3.63) is 39.8 Å². The predicted molar refractivity (Wildman–Crippen MR) is 126 cm³/mol. The van der Waals surface area contributed by atoms with E-state index in [0.29, 0.717) is 12.1 Å². The molecule has 0 atom stereocenters. The number of carbonyl (C=O) groups is 2. The second-order valence-electron chi connectivity index (χ2n) is 8.89. The molecule has 1 aromatic heterocycles. The van der Waals surface area contributed by atoms with Gasteiger partial charge in [0.05, 0.1) is 5.56 Å². The zero-order chi connectivity index (χ0) is 22.5. The molecule has 1 aliphatic carbocycles. The van der Waals surface area contributed by atoms with Crippen LogP contribution in [0.15, 0.2) is 18.2 Å². The molecule has 1 aromatic carbocycles. The third-order valence-corrected chi connectivity index (χ3v) is 6.60. The predicted octanol–water partition coefficient (Wildman–Crippen LogP) is 5.23. The third-order valence-electron chi connectivity index (χ3n) is 5.27. The van der Waals surface area contributed by atoms with Crippen molar-refractivity contribution in [2.45, 2.75) is 53.5 Å². The molecule has 1 aliphatic rings. The van der Waals surface area contributed by atoms with E-state index in [1.165, 1.54) is 4.88 Å². The Morgan fingerprint density at radius 2 is 1.97 bits per heavy atom. The van der Waals surface area contributed by atoms with Crippen LogP contribution in [0.4, 0.5) is 5.69 Å². The van der Waals surface area contributed by atoms with E-state index in [4.69, 9.17) is 0 Å². The number of aryl methyl sites for hydroxylation is 1. The standard InChI is InChI=1S/C20H26N2O2S.C4H8O/c1-20(2)8-7-16-15(10-20)17(19(23)24)18(25-16)14-9-13(22-4)6-5-12(14)11-21-3;1-4(2)3-5/h5-6,9,21-22H,7-8,10-11H2,1-4H3,(H,23,24);3-4H,1-2H3. The van der Waals surface area contributed by atoms with E-state index in [1.54, 1.807) is 11.3 Å². The number of carboxylic acids is 1. The van der Waals surface area contributed by atoms with E-state index in [1.807, 2.05) is 34.0 Å². The van der Waals surface area contributed by atoms with Crippen molar-refractivity contribution in [2.75, 3.05) is 19.4 Å². The molecule has 0 saturated carbocycles. The maximum Gasteiger partial charge on any atom is 0.337 e. The van der Waals surface area contributed by atoms with E-state index < -0.39 is 5.97 Å². The summed E-state index contributed by atoms with van der Waals surface area (Å²) >= 11 is 1.67. The Hall–Kier alpha value is -2.18. The zero-order valence-electron chi connectivity index (χ0n) is 18.9. The number of aldehydes is 1. The Balaban J connectivity index is 0.000000575. The molecule has 0 aliphatic heterocycles. The fourth-order valence-corrected chi connectivity index (χ4v) is 4.98. The Bertz CT molecular complexity index is 900. The van der Waals surface area contributed by atoms with Crippen LogP contribution in [-0.4, -0.2) is 31.5 Å². The van der Waals surface area contributed by atoms with Crippen LogP contribution in [0.1, 0.15) is 60.5 Å². The van der Waals surface area contributed by atoms with Gasteiger partial charge in [0.1, 0.15) is 6.29 Å². The van der Waals surface area contributed by atoms with E-state index >= 15 is 0 Å². The number of hydrogen-bond donors (Lipinski definition) is 3.